The van der Waals surface area contributed by atoms with Crippen molar-refractivity contribution in [3.05, 3.63) is 23.8 Å². The number of hydrogen-bond acceptors (Lipinski definition) is 5. The van der Waals surface area contributed by atoms with Crippen LogP contribution in [0.1, 0.15) is 25.3 Å². The summed E-state index contributed by atoms with van der Waals surface area (Å²) in [6.45, 7) is 2.62. The molecule has 1 unspecified atom stereocenters. The summed E-state index contributed by atoms with van der Waals surface area (Å²) in [6.07, 6.45) is 2.38. The van der Waals surface area contributed by atoms with Crippen LogP contribution in [0.15, 0.2) is 18.2 Å². The van der Waals surface area contributed by atoms with E-state index >= 15 is 0 Å². The summed E-state index contributed by atoms with van der Waals surface area (Å²) in [7, 11) is 1.57. The fourth-order valence-electron chi connectivity index (χ4n) is 2.19. The van der Waals surface area contributed by atoms with Crippen LogP contribution in [0.25, 0.3) is 0 Å². The van der Waals surface area contributed by atoms with E-state index in [4.69, 9.17) is 14.2 Å². The third-order valence-corrected chi connectivity index (χ3v) is 3.45. The van der Waals surface area contributed by atoms with Crippen LogP contribution in [-0.4, -0.2) is 32.1 Å². The van der Waals surface area contributed by atoms with Crippen LogP contribution >= 0.6 is 0 Å². The molecule has 1 aromatic rings. The third-order valence-electron chi connectivity index (χ3n) is 3.45. The number of methoxy groups -OCH3 is 1. The average Bonchev–Trinajstić information content (AvgIpc) is 2.80. The van der Waals surface area contributed by atoms with Crippen molar-refractivity contribution in [2.24, 2.45) is 5.92 Å². The van der Waals surface area contributed by atoms with Gasteiger partial charge in [-0.2, -0.15) is 0 Å². The second-order valence-corrected chi connectivity index (χ2v) is 5.02. The molecule has 1 fully saturated rings. The van der Waals surface area contributed by atoms with E-state index < -0.39 is 11.9 Å². The van der Waals surface area contributed by atoms with E-state index in [1.165, 1.54) is 0 Å². The lowest BCUT2D eigenvalue weighted by Crippen LogP contribution is -2.18. The highest BCUT2D eigenvalue weighted by Gasteiger charge is 2.35. The van der Waals surface area contributed by atoms with Gasteiger partial charge in [0, 0.05) is 0 Å². The van der Waals surface area contributed by atoms with Gasteiger partial charge in [-0.15, -0.1) is 0 Å². The number of esters is 1. The summed E-state index contributed by atoms with van der Waals surface area (Å²) in [5.74, 6) is -0.0107. The summed E-state index contributed by atoms with van der Waals surface area (Å²) >= 11 is 0. The molecule has 1 aliphatic heterocycles. The third kappa shape index (κ3) is 3.74. The van der Waals surface area contributed by atoms with Gasteiger partial charge < -0.3 is 14.2 Å². The molecule has 0 radical (unpaired) electrons. The van der Waals surface area contributed by atoms with Gasteiger partial charge in [0.25, 0.3) is 0 Å². The van der Waals surface area contributed by atoms with Gasteiger partial charge in [0.15, 0.2) is 23.9 Å². The lowest BCUT2D eigenvalue weighted by Gasteiger charge is -2.12. The number of benzene rings is 1. The zero-order valence-electron chi connectivity index (χ0n) is 12.4. The normalized spacial score (nSPS) is 17.7. The van der Waals surface area contributed by atoms with Crippen molar-refractivity contribution in [3.8, 4) is 11.5 Å². The van der Waals surface area contributed by atoms with Crippen molar-refractivity contribution < 1.29 is 23.8 Å². The van der Waals surface area contributed by atoms with Crippen LogP contribution < -0.4 is 9.47 Å². The van der Waals surface area contributed by atoms with Gasteiger partial charge in [0.1, 0.15) is 5.92 Å². The summed E-state index contributed by atoms with van der Waals surface area (Å²) in [5, 5.41) is 0. The molecule has 21 heavy (non-hydrogen) atoms. The SMILES string of the molecule is CCCCOc1ccc(CC2C(=O)COC2=O)cc1OC. The number of Topliss-reactive ketones (excluding diaryl/α,β-unsaturated/α-hetero) is 1. The molecule has 0 N–H and O–H groups in total. The first-order valence-electron chi connectivity index (χ1n) is 7.14. The van der Waals surface area contributed by atoms with Crippen LogP contribution in [0.5, 0.6) is 11.5 Å². The highest BCUT2D eigenvalue weighted by Crippen LogP contribution is 2.30. The topological polar surface area (TPSA) is 61.8 Å². The number of carbonyl (C=O) groups excluding carboxylic acids is 2. The maximum absolute atomic E-state index is 11.6. The maximum atomic E-state index is 11.6. The molecule has 1 atom stereocenters. The second kappa shape index (κ2) is 7.11. The molecule has 5 heteroatoms. The molecule has 1 aliphatic rings. The Morgan fingerprint density at radius 1 is 1.29 bits per heavy atom. The lowest BCUT2D eigenvalue weighted by atomic mass is 9.97. The number of rotatable bonds is 7. The average molecular weight is 292 g/mol. The van der Waals surface area contributed by atoms with Gasteiger partial charge >= 0.3 is 5.97 Å². The minimum atomic E-state index is -0.693. The van der Waals surface area contributed by atoms with Gasteiger partial charge in [-0.1, -0.05) is 19.4 Å². The molecular formula is C16H20O5. The molecule has 1 heterocycles. The zero-order chi connectivity index (χ0) is 15.2. The first-order valence-corrected chi connectivity index (χ1v) is 7.14. The zero-order valence-corrected chi connectivity index (χ0v) is 12.4. The van der Waals surface area contributed by atoms with E-state index in [9.17, 15) is 9.59 Å². The number of ketones is 1. The molecule has 114 valence electrons. The second-order valence-electron chi connectivity index (χ2n) is 5.02. The van der Waals surface area contributed by atoms with Crippen LogP contribution in [-0.2, 0) is 20.7 Å². The Bertz CT molecular complexity index is 507. The van der Waals surface area contributed by atoms with Crippen LogP contribution in [0.2, 0.25) is 0 Å². The fourth-order valence-corrected chi connectivity index (χ4v) is 2.19. The number of unbranched alkanes of at least 4 members (excludes halogenated alkanes) is 1. The predicted octanol–water partition coefficient (Wildman–Crippen LogP) is 2.16. The van der Waals surface area contributed by atoms with Crippen molar-refractivity contribution >= 4 is 11.8 Å². The summed E-state index contributed by atoms with van der Waals surface area (Å²) in [5.41, 5.74) is 0.854. The molecule has 1 aromatic carbocycles. The Balaban J connectivity index is 2.07. The van der Waals surface area contributed by atoms with Gasteiger partial charge in [-0.25, -0.2) is 0 Å². The van der Waals surface area contributed by atoms with Gasteiger partial charge in [-0.05, 0) is 30.5 Å². The van der Waals surface area contributed by atoms with E-state index in [1.54, 1.807) is 13.2 Å². The summed E-state index contributed by atoms with van der Waals surface area (Å²) < 4.78 is 15.7. The van der Waals surface area contributed by atoms with E-state index in [-0.39, 0.29) is 12.4 Å². The maximum Gasteiger partial charge on any atom is 0.317 e. The van der Waals surface area contributed by atoms with Crippen molar-refractivity contribution in [1.29, 1.82) is 0 Å². The van der Waals surface area contributed by atoms with Crippen molar-refractivity contribution in [2.45, 2.75) is 26.2 Å². The highest BCUT2D eigenvalue weighted by molar-refractivity contribution is 6.04. The number of cyclic esters (lactones) is 1. The molecule has 0 bridgehead atoms. The molecule has 0 aromatic heterocycles. The van der Waals surface area contributed by atoms with Crippen molar-refractivity contribution in [1.82, 2.24) is 0 Å². The molecule has 0 saturated carbocycles. The minimum absolute atomic E-state index is 0.112. The number of ether oxygens (including phenoxy) is 3. The minimum Gasteiger partial charge on any atom is -0.493 e. The van der Waals surface area contributed by atoms with Gasteiger partial charge in [-0.3, -0.25) is 9.59 Å². The largest absolute Gasteiger partial charge is 0.493 e. The van der Waals surface area contributed by atoms with Crippen LogP contribution in [0.3, 0.4) is 0 Å². The van der Waals surface area contributed by atoms with Gasteiger partial charge in [0.2, 0.25) is 0 Å². The fraction of sp³-hybridized carbons (Fsp3) is 0.500. The Kier molecular flexibility index (Phi) is 5.20. The van der Waals surface area contributed by atoms with Crippen molar-refractivity contribution in [3.63, 3.8) is 0 Å². The predicted molar refractivity (Wildman–Crippen MR) is 76.6 cm³/mol. The first-order chi connectivity index (χ1) is 10.2. The van der Waals surface area contributed by atoms with Crippen molar-refractivity contribution in [2.75, 3.05) is 20.3 Å². The van der Waals surface area contributed by atoms with Crippen LogP contribution in [0, 0.1) is 5.92 Å². The molecule has 5 nitrogen and oxygen atoms in total. The molecule has 1 saturated heterocycles. The summed E-state index contributed by atoms with van der Waals surface area (Å²) in [4.78, 5) is 23.1. The Hall–Kier alpha value is -2.04. The number of hydrogen-bond donors (Lipinski definition) is 0. The lowest BCUT2D eigenvalue weighted by molar-refractivity contribution is -0.141. The smallest absolute Gasteiger partial charge is 0.317 e. The highest BCUT2D eigenvalue weighted by atomic mass is 16.5. The van der Waals surface area contributed by atoms with Crippen LogP contribution in [0.4, 0.5) is 0 Å². The molecule has 2 rings (SSSR count). The monoisotopic (exact) mass is 292 g/mol. The molecular weight excluding hydrogens is 272 g/mol. The van der Waals surface area contributed by atoms with Gasteiger partial charge in [0.05, 0.1) is 13.7 Å². The Morgan fingerprint density at radius 2 is 2.10 bits per heavy atom. The molecule has 0 amide bonds. The van der Waals surface area contributed by atoms with E-state index in [0.29, 0.717) is 24.5 Å². The quantitative estimate of drug-likeness (QED) is 0.438. The molecule has 0 spiro atoms. The Labute approximate surface area is 124 Å². The standard InChI is InChI=1S/C16H20O5/c1-3-4-7-20-14-6-5-11(9-15(14)19-2)8-12-13(17)10-21-16(12)18/h5-6,9,12H,3-4,7-8,10H2,1-2H3. The van der Waals surface area contributed by atoms with E-state index in [2.05, 4.69) is 6.92 Å². The number of carbonyl (C=O) groups is 2. The van der Waals surface area contributed by atoms with E-state index in [0.717, 1.165) is 18.4 Å². The first kappa shape index (κ1) is 15.4. The van der Waals surface area contributed by atoms with E-state index in [1.807, 2.05) is 12.1 Å². The molecule has 0 aliphatic carbocycles. The summed E-state index contributed by atoms with van der Waals surface area (Å²) in [6, 6.07) is 5.47. The Morgan fingerprint density at radius 3 is 2.71 bits per heavy atom.